The molecule has 0 aliphatic heterocycles. The smallest absolute Gasteiger partial charge is 0.224 e. The fourth-order valence-electron chi connectivity index (χ4n) is 2.84. The van der Waals surface area contributed by atoms with Crippen LogP contribution in [0.15, 0.2) is 0 Å². The zero-order chi connectivity index (χ0) is 26.6. The van der Waals surface area contributed by atoms with E-state index in [9.17, 15) is 14.4 Å². The van der Waals surface area contributed by atoms with E-state index in [-0.39, 0.29) is 42.9 Å². The molecule has 0 aromatic heterocycles. The Hall–Kier alpha value is -1.59. The molecule has 0 N–H and O–H groups in total. The second kappa shape index (κ2) is 24.5. The van der Waals surface area contributed by atoms with Crippen LogP contribution < -0.4 is 0 Å². The molecule has 0 fully saturated rings. The molecule has 0 aliphatic rings. The molecule has 206 valence electrons. The van der Waals surface area contributed by atoms with Gasteiger partial charge in [0.25, 0.3) is 0 Å². The van der Waals surface area contributed by atoms with Crippen molar-refractivity contribution in [1.82, 2.24) is 14.7 Å². The summed E-state index contributed by atoms with van der Waals surface area (Å²) in [4.78, 5) is 39.3. The first-order chi connectivity index (χ1) is 15.3. The zero-order valence-electron chi connectivity index (χ0n) is 24.2. The van der Waals surface area contributed by atoms with Gasteiger partial charge in [-0.15, -0.1) is 0 Å². The van der Waals surface area contributed by atoms with Gasteiger partial charge in [-0.05, 0) is 19.3 Å². The van der Waals surface area contributed by atoms with Crippen LogP contribution in [0.5, 0.6) is 0 Å². The summed E-state index contributed by atoms with van der Waals surface area (Å²) in [6.07, 6.45) is 6.76. The highest BCUT2D eigenvalue weighted by Gasteiger charge is 2.12. The number of unbranched alkanes of at least 4 members (excludes halogenated alkanes) is 3. The Morgan fingerprint density at radius 2 is 0.676 bits per heavy atom. The van der Waals surface area contributed by atoms with Gasteiger partial charge in [0.2, 0.25) is 17.7 Å². The maximum absolute atomic E-state index is 11.3. The molecule has 0 rings (SSSR count). The molecule has 0 aromatic carbocycles. The third kappa shape index (κ3) is 22.2. The van der Waals surface area contributed by atoms with Gasteiger partial charge in [0.05, 0.1) is 0 Å². The highest BCUT2D eigenvalue weighted by Crippen LogP contribution is 2.02. The summed E-state index contributed by atoms with van der Waals surface area (Å²) < 4.78 is 0. The van der Waals surface area contributed by atoms with Gasteiger partial charge in [-0.1, -0.05) is 89.0 Å². The summed E-state index contributed by atoms with van der Waals surface area (Å²) in [6, 6.07) is 0. The lowest BCUT2D eigenvalue weighted by atomic mass is 10.2. The Morgan fingerprint density at radius 1 is 0.500 bits per heavy atom. The van der Waals surface area contributed by atoms with Crippen LogP contribution in [0.3, 0.4) is 0 Å². The minimum atomic E-state index is 0. The summed E-state index contributed by atoms with van der Waals surface area (Å²) in [5.41, 5.74) is 0. The molecule has 0 bridgehead atoms. The minimum Gasteiger partial charge on any atom is -0.346 e. The monoisotopic (exact) mass is 487 g/mol. The number of carbonyl (C=O) groups is 3. The Labute approximate surface area is 213 Å². The second-order valence-electron chi connectivity index (χ2n) is 9.80. The van der Waals surface area contributed by atoms with Gasteiger partial charge in [0.1, 0.15) is 0 Å². The van der Waals surface area contributed by atoms with Gasteiger partial charge in [-0.2, -0.15) is 0 Å². The maximum atomic E-state index is 11.3. The lowest BCUT2D eigenvalue weighted by Crippen LogP contribution is -2.31. The predicted molar refractivity (Wildman–Crippen MR) is 149 cm³/mol. The van der Waals surface area contributed by atoms with Crippen LogP contribution in [0.1, 0.15) is 108 Å². The molecule has 0 aromatic rings. The Balaban J connectivity index is -0.000000196. The number of amides is 3. The number of hydrogen-bond donors (Lipinski definition) is 0. The van der Waals surface area contributed by atoms with Crippen LogP contribution in [-0.4, -0.2) is 73.2 Å². The van der Waals surface area contributed by atoms with E-state index in [0.717, 1.165) is 58.2 Å². The molecule has 0 unspecified atom stereocenters. The van der Waals surface area contributed by atoms with Gasteiger partial charge in [-0.3, -0.25) is 14.4 Å². The van der Waals surface area contributed by atoms with E-state index >= 15 is 0 Å². The van der Waals surface area contributed by atoms with Crippen molar-refractivity contribution in [1.29, 1.82) is 0 Å². The number of hydrogen-bond acceptors (Lipinski definition) is 3. The fourth-order valence-corrected chi connectivity index (χ4v) is 2.84. The van der Waals surface area contributed by atoms with Crippen molar-refractivity contribution in [2.75, 3.05) is 40.8 Å². The van der Waals surface area contributed by atoms with Crippen LogP contribution in [-0.2, 0) is 14.4 Å². The molecule has 0 radical (unpaired) electrons. The van der Waals surface area contributed by atoms with Crippen LogP contribution in [0.25, 0.3) is 0 Å². The average Bonchev–Trinajstić information content (AvgIpc) is 2.78. The molecule has 34 heavy (non-hydrogen) atoms. The van der Waals surface area contributed by atoms with E-state index in [1.165, 1.54) is 0 Å². The van der Waals surface area contributed by atoms with E-state index in [1.807, 2.05) is 77.4 Å². The van der Waals surface area contributed by atoms with E-state index in [4.69, 9.17) is 0 Å². The molecule has 6 heteroatoms. The summed E-state index contributed by atoms with van der Waals surface area (Å²) >= 11 is 0. The third-order valence-corrected chi connectivity index (χ3v) is 5.15. The van der Waals surface area contributed by atoms with Gasteiger partial charge in [0, 0.05) is 58.5 Å². The number of nitrogens with zero attached hydrogens (tertiary/aromatic N) is 3. The number of rotatable bonds is 12. The maximum Gasteiger partial charge on any atom is 0.224 e. The quantitative estimate of drug-likeness (QED) is 0.323. The Bertz CT molecular complexity index is 434. The molecule has 0 aliphatic carbocycles. The summed E-state index contributed by atoms with van der Waals surface area (Å²) in [6.45, 7) is 20.7. The predicted octanol–water partition coefficient (Wildman–Crippen LogP) is 6.34. The Kier molecular flexibility index (Phi) is 28.6. The summed E-state index contributed by atoms with van der Waals surface area (Å²) in [7, 11) is 5.62. The Morgan fingerprint density at radius 3 is 0.794 bits per heavy atom. The van der Waals surface area contributed by atoms with Crippen molar-refractivity contribution >= 4 is 17.7 Å². The molecule has 6 nitrogen and oxygen atoms in total. The number of carbonyl (C=O) groups excluding carboxylic acids is 3. The van der Waals surface area contributed by atoms with Crippen LogP contribution >= 0.6 is 0 Å². The van der Waals surface area contributed by atoms with Crippen molar-refractivity contribution in [3.05, 3.63) is 0 Å². The molecule has 0 saturated heterocycles. The van der Waals surface area contributed by atoms with E-state index in [1.54, 1.807) is 0 Å². The van der Waals surface area contributed by atoms with Crippen molar-refractivity contribution < 1.29 is 14.4 Å². The third-order valence-electron chi connectivity index (χ3n) is 5.15. The molecule has 0 atom stereocenters. The second-order valence-corrected chi connectivity index (χ2v) is 9.80. The van der Waals surface area contributed by atoms with Crippen molar-refractivity contribution in [3.8, 4) is 0 Å². The van der Waals surface area contributed by atoms with Gasteiger partial charge in [0.15, 0.2) is 0 Å². The fraction of sp³-hybridized carbons (Fsp3) is 0.893. The SMILES string of the molecule is C.CCCCN(C)C(=O)C(C)C.CCCCN(C)C(=O)C(C)C.CCCCN(C)C(=O)C(C)C. The lowest BCUT2D eigenvalue weighted by molar-refractivity contribution is -0.133. The minimum absolute atomic E-state index is 0. The van der Waals surface area contributed by atoms with Crippen molar-refractivity contribution in [3.63, 3.8) is 0 Å². The van der Waals surface area contributed by atoms with Crippen LogP contribution in [0.4, 0.5) is 0 Å². The van der Waals surface area contributed by atoms with Crippen molar-refractivity contribution in [2.24, 2.45) is 17.8 Å². The largest absolute Gasteiger partial charge is 0.346 e. The van der Waals surface area contributed by atoms with Gasteiger partial charge in [-0.25, -0.2) is 0 Å². The first kappa shape index (κ1) is 39.6. The summed E-state index contributed by atoms with van der Waals surface area (Å²) in [5.74, 6) is 1.15. The lowest BCUT2D eigenvalue weighted by Gasteiger charge is -2.18. The summed E-state index contributed by atoms with van der Waals surface area (Å²) in [5, 5.41) is 0. The van der Waals surface area contributed by atoms with Crippen LogP contribution in [0.2, 0.25) is 0 Å². The van der Waals surface area contributed by atoms with Gasteiger partial charge < -0.3 is 14.7 Å². The molecular formula is C28H61N3O3. The van der Waals surface area contributed by atoms with Gasteiger partial charge >= 0.3 is 0 Å². The average molecular weight is 488 g/mol. The highest BCUT2D eigenvalue weighted by atomic mass is 16.2. The molecule has 0 saturated carbocycles. The zero-order valence-corrected chi connectivity index (χ0v) is 24.2. The molecule has 0 spiro atoms. The highest BCUT2D eigenvalue weighted by molar-refractivity contribution is 5.78. The molecule has 3 amide bonds. The molecular weight excluding hydrogens is 426 g/mol. The standard InChI is InChI=1S/3C9H19NO.CH4/c3*1-5-6-7-10(4)9(11)8(2)3;/h3*8H,5-7H2,1-4H3;1H4. The first-order valence-corrected chi connectivity index (χ1v) is 13.0. The van der Waals surface area contributed by atoms with Crippen molar-refractivity contribution in [2.45, 2.75) is 108 Å². The van der Waals surface area contributed by atoms with E-state index < -0.39 is 0 Å². The van der Waals surface area contributed by atoms with Crippen LogP contribution in [0, 0.1) is 17.8 Å². The molecule has 0 heterocycles. The topological polar surface area (TPSA) is 60.9 Å². The first-order valence-electron chi connectivity index (χ1n) is 13.0. The normalized spacial score (nSPS) is 9.97. The van der Waals surface area contributed by atoms with E-state index in [0.29, 0.717) is 0 Å². The van der Waals surface area contributed by atoms with E-state index in [2.05, 4.69) is 20.8 Å².